The average Bonchev–Trinajstić information content (AvgIpc) is 2.34. The lowest BCUT2D eigenvalue weighted by atomic mass is 10.2. The van der Waals surface area contributed by atoms with Crippen molar-refractivity contribution in [2.24, 2.45) is 0 Å². The summed E-state index contributed by atoms with van der Waals surface area (Å²) in [6, 6.07) is 1.45. The van der Waals surface area contributed by atoms with Crippen LogP contribution < -0.4 is 4.90 Å². The van der Waals surface area contributed by atoms with E-state index in [1.807, 2.05) is 14.1 Å². The number of aromatic carboxylic acids is 1. The number of pyridine rings is 1. The molecule has 0 fully saturated rings. The third-order valence-electron chi connectivity index (χ3n) is 2.68. The van der Waals surface area contributed by atoms with Crippen LogP contribution in [0, 0.1) is 0 Å². The Hall–Kier alpha value is -1.33. The number of anilines is 1. The number of likely N-dealkylation sites (N-methyl/N-ethyl adjacent to an activating group) is 1. The lowest BCUT2D eigenvalue weighted by Gasteiger charge is -2.25. The Morgan fingerprint density at radius 3 is 2.53 bits per heavy atom. The summed E-state index contributed by atoms with van der Waals surface area (Å²) in [6.45, 7) is 4.62. The highest BCUT2D eigenvalue weighted by Gasteiger charge is 2.14. The van der Waals surface area contributed by atoms with Crippen LogP contribution in [-0.4, -0.2) is 54.7 Å². The summed E-state index contributed by atoms with van der Waals surface area (Å²) < 4.78 is 0. The van der Waals surface area contributed by atoms with Crippen LogP contribution in [0.3, 0.4) is 0 Å². The number of aromatic nitrogens is 1. The first-order valence-corrected chi connectivity index (χ1v) is 6.62. The Kier molecular flexibility index (Phi) is 6.05. The zero-order valence-electron chi connectivity index (χ0n) is 11.6. The van der Waals surface area contributed by atoms with Crippen LogP contribution in [0.25, 0.3) is 0 Å². The van der Waals surface area contributed by atoms with Gasteiger partial charge in [0.05, 0.1) is 10.6 Å². The van der Waals surface area contributed by atoms with Crippen molar-refractivity contribution < 1.29 is 9.90 Å². The molecule has 0 radical (unpaired) electrons. The molecule has 5 nitrogen and oxygen atoms in total. The smallest absolute Gasteiger partial charge is 0.337 e. The standard InChI is InChI=1S/C13H20ClN3O2/c1-4-5-17(7-6-16(2)3)12-11(14)8-10(9-15-12)13(18)19/h8-9H,4-7H2,1-3H3,(H,18,19). The molecule has 0 spiro atoms. The van der Waals surface area contributed by atoms with Crippen LogP contribution in [0.15, 0.2) is 12.3 Å². The van der Waals surface area contributed by atoms with Crippen LogP contribution in [-0.2, 0) is 0 Å². The van der Waals surface area contributed by atoms with Gasteiger partial charge in [-0.05, 0) is 26.6 Å². The zero-order valence-corrected chi connectivity index (χ0v) is 12.3. The quantitative estimate of drug-likeness (QED) is 0.832. The Morgan fingerprint density at radius 2 is 2.05 bits per heavy atom. The van der Waals surface area contributed by atoms with E-state index >= 15 is 0 Å². The second kappa shape index (κ2) is 7.31. The Balaban J connectivity index is 2.92. The SMILES string of the molecule is CCCN(CCN(C)C)c1ncc(C(=O)O)cc1Cl. The monoisotopic (exact) mass is 285 g/mol. The Bertz CT molecular complexity index is 438. The van der Waals surface area contributed by atoms with Crippen molar-refractivity contribution in [3.05, 3.63) is 22.8 Å². The summed E-state index contributed by atoms with van der Waals surface area (Å²) in [5, 5.41) is 9.28. The molecule has 1 aromatic heterocycles. The fourth-order valence-electron chi connectivity index (χ4n) is 1.69. The molecule has 0 atom stereocenters. The molecule has 0 aliphatic carbocycles. The van der Waals surface area contributed by atoms with Gasteiger partial charge in [-0.3, -0.25) is 0 Å². The third-order valence-corrected chi connectivity index (χ3v) is 2.96. The van der Waals surface area contributed by atoms with E-state index in [0.29, 0.717) is 10.8 Å². The molecule has 1 N–H and O–H groups in total. The summed E-state index contributed by atoms with van der Waals surface area (Å²) in [7, 11) is 4.01. The van der Waals surface area contributed by atoms with Crippen molar-refractivity contribution in [3.8, 4) is 0 Å². The van der Waals surface area contributed by atoms with E-state index < -0.39 is 5.97 Å². The number of carboxylic acid groups (broad SMARTS) is 1. The molecule has 0 aliphatic heterocycles. The number of rotatable bonds is 7. The number of nitrogens with zero attached hydrogens (tertiary/aromatic N) is 3. The van der Waals surface area contributed by atoms with Crippen molar-refractivity contribution >= 4 is 23.4 Å². The predicted octanol–water partition coefficient (Wildman–Crippen LogP) is 2.21. The maximum absolute atomic E-state index is 10.9. The first-order valence-electron chi connectivity index (χ1n) is 6.24. The molecule has 19 heavy (non-hydrogen) atoms. The molecule has 0 amide bonds. The fourth-order valence-corrected chi connectivity index (χ4v) is 1.98. The number of hydrogen-bond acceptors (Lipinski definition) is 4. The van der Waals surface area contributed by atoms with E-state index in [0.717, 1.165) is 26.1 Å². The minimum Gasteiger partial charge on any atom is -0.478 e. The molecule has 0 aromatic carbocycles. The van der Waals surface area contributed by atoms with Crippen molar-refractivity contribution in [1.82, 2.24) is 9.88 Å². The molecule has 1 rings (SSSR count). The molecule has 6 heteroatoms. The van der Waals surface area contributed by atoms with Gasteiger partial charge in [0.15, 0.2) is 0 Å². The lowest BCUT2D eigenvalue weighted by molar-refractivity contribution is 0.0696. The second-order valence-electron chi connectivity index (χ2n) is 4.62. The lowest BCUT2D eigenvalue weighted by Crippen LogP contribution is -2.33. The number of hydrogen-bond donors (Lipinski definition) is 1. The Labute approximate surface area is 118 Å². The van der Waals surface area contributed by atoms with Gasteiger partial charge >= 0.3 is 5.97 Å². The van der Waals surface area contributed by atoms with Gasteiger partial charge in [-0.15, -0.1) is 0 Å². The molecular formula is C13H20ClN3O2. The fraction of sp³-hybridized carbons (Fsp3) is 0.538. The molecule has 0 aliphatic rings. The van der Waals surface area contributed by atoms with E-state index in [1.54, 1.807) is 0 Å². The minimum absolute atomic E-state index is 0.109. The minimum atomic E-state index is -1.02. The number of halogens is 1. The maximum Gasteiger partial charge on any atom is 0.337 e. The molecule has 1 aromatic rings. The molecule has 0 saturated carbocycles. The van der Waals surface area contributed by atoms with Gasteiger partial charge in [-0.1, -0.05) is 18.5 Å². The van der Waals surface area contributed by atoms with Crippen molar-refractivity contribution in [2.45, 2.75) is 13.3 Å². The molecular weight excluding hydrogens is 266 g/mol. The van der Waals surface area contributed by atoms with Gasteiger partial charge in [0, 0.05) is 25.8 Å². The molecule has 106 valence electrons. The van der Waals surface area contributed by atoms with Crippen LogP contribution in [0.1, 0.15) is 23.7 Å². The van der Waals surface area contributed by atoms with Gasteiger partial charge in [0.25, 0.3) is 0 Å². The molecule has 1 heterocycles. The van der Waals surface area contributed by atoms with Gasteiger partial charge in [0.2, 0.25) is 0 Å². The van der Waals surface area contributed by atoms with Crippen molar-refractivity contribution in [1.29, 1.82) is 0 Å². The maximum atomic E-state index is 10.9. The largest absolute Gasteiger partial charge is 0.478 e. The normalized spacial score (nSPS) is 10.8. The highest BCUT2D eigenvalue weighted by atomic mass is 35.5. The first kappa shape index (κ1) is 15.7. The van der Waals surface area contributed by atoms with Crippen LogP contribution in [0.2, 0.25) is 5.02 Å². The highest BCUT2D eigenvalue weighted by molar-refractivity contribution is 6.33. The average molecular weight is 286 g/mol. The van der Waals surface area contributed by atoms with E-state index in [1.165, 1.54) is 12.3 Å². The van der Waals surface area contributed by atoms with Crippen molar-refractivity contribution in [2.75, 3.05) is 38.6 Å². The van der Waals surface area contributed by atoms with E-state index in [9.17, 15) is 4.79 Å². The first-order chi connectivity index (χ1) is 8.95. The summed E-state index contributed by atoms with van der Waals surface area (Å²) in [6.07, 6.45) is 2.33. The van der Waals surface area contributed by atoms with Crippen LogP contribution in [0.5, 0.6) is 0 Å². The Morgan fingerprint density at radius 1 is 1.37 bits per heavy atom. The van der Waals surface area contributed by atoms with E-state index in [-0.39, 0.29) is 5.56 Å². The predicted molar refractivity (Wildman–Crippen MR) is 77.3 cm³/mol. The summed E-state index contributed by atoms with van der Waals surface area (Å²) in [5.41, 5.74) is 0.109. The van der Waals surface area contributed by atoms with Gasteiger partial charge < -0.3 is 14.9 Å². The highest BCUT2D eigenvalue weighted by Crippen LogP contribution is 2.24. The molecule has 0 bridgehead atoms. The van der Waals surface area contributed by atoms with Crippen LogP contribution in [0.4, 0.5) is 5.82 Å². The van der Waals surface area contributed by atoms with Gasteiger partial charge in [0.1, 0.15) is 5.82 Å². The van der Waals surface area contributed by atoms with Gasteiger partial charge in [-0.25, -0.2) is 9.78 Å². The second-order valence-corrected chi connectivity index (χ2v) is 5.03. The third kappa shape index (κ3) is 4.69. The zero-order chi connectivity index (χ0) is 14.4. The molecule has 0 unspecified atom stereocenters. The summed E-state index contributed by atoms with van der Waals surface area (Å²) in [5.74, 6) is -0.369. The van der Waals surface area contributed by atoms with Crippen molar-refractivity contribution in [3.63, 3.8) is 0 Å². The number of carboxylic acids is 1. The number of carbonyl (C=O) groups is 1. The summed E-state index contributed by atoms with van der Waals surface area (Å²) >= 11 is 6.14. The summed E-state index contributed by atoms with van der Waals surface area (Å²) in [4.78, 5) is 19.2. The van der Waals surface area contributed by atoms with Crippen LogP contribution >= 0.6 is 11.6 Å². The van der Waals surface area contributed by atoms with Gasteiger partial charge in [-0.2, -0.15) is 0 Å². The topological polar surface area (TPSA) is 56.7 Å². The van der Waals surface area contributed by atoms with E-state index in [2.05, 4.69) is 21.7 Å². The van der Waals surface area contributed by atoms with E-state index in [4.69, 9.17) is 16.7 Å². The molecule has 0 saturated heterocycles.